The van der Waals surface area contributed by atoms with Gasteiger partial charge in [-0.3, -0.25) is 4.21 Å². The molecule has 0 saturated heterocycles. The molecule has 1 N–H and O–H groups in total. The molecule has 0 heterocycles. The molecule has 0 aliphatic heterocycles. The average Bonchev–Trinajstić information content (AvgIpc) is 2.17. The van der Waals surface area contributed by atoms with Gasteiger partial charge in [-0.05, 0) is 32.2 Å². The fourth-order valence-corrected chi connectivity index (χ4v) is 3.25. The standard InChI is InChI=1S/C12H27NOS/c1-6-8-13-12(7-2)11(5)15(14)9-10(3)4/h10-13H,6-9H2,1-5H3. The van der Waals surface area contributed by atoms with E-state index in [4.69, 9.17) is 0 Å². The van der Waals surface area contributed by atoms with Crippen molar-refractivity contribution < 1.29 is 4.21 Å². The van der Waals surface area contributed by atoms with Crippen molar-refractivity contribution in [1.29, 1.82) is 0 Å². The number of hydrogen-bond acceptors (Lipinski definition) is 2. The van der Waals surface area contributed by atoms with E-state index in [9.17, 15) is 4.21 Å². The van der Waals surface area contributed by atoms with Gasteiger partial charge in [0, 0.05) is 27.8 Å². The van der Waals surface area contributed by atoms with Gasteiger partial charge in [0.2, 0.25) is 0 Å². The highest BCUT2D eigenvalue weighted by Crippen LogP contribution is 2.09. The molecule has 3 heteroatoms. The van der Waals surface area contributed by atoms with Crippen LogP contribution < -0.4 is 5.32 Å². The minimum Gasteiger partial charge on any atom is -0.313 e. The van der Waals surface area contributed by atoms with Crippen LogP contribution in [0.25, 0.3) is 0 Å². The first-order valence-corrected chi connectivity index (χ1v) is 7.51. The lowest BCUT2D eigenvalue weighted by Crippen LogP contribution is -2.41. The van der Waals surface area contributed by atoms with E-state index in [1.54, 1.807) is 0 Å². The summed E-state index contributed by atoms with van der Waals surface area (Å²) in [5.74, 6) is 1.35. The molecule has 3 atom stereocenters. The van der Waals surface area contributed by atoms with Gasteiger partial charge in [0.15, 0.2) is 0 Å². The van der Waals surface area contributed by atoms with Crippen LogP contribution in [-0.2, 0) is 10.8 Å². The summed E-state index contributed by atoms with van der Waals surface area (Å²) >= 11 is 0. The van der Waals surface area contributed by atoms with Crippen molar-refractivity contribution in [3.63, 3.8) is 0 Å². The predicted octanol–water partition coefficient (Wildman–Crippen LogP) is 2.56. The van der Waals surface area contributed by atoms with E-state index < -0.39 is 10.8 Å². The maximum Gasteiger partial charge on any atom is 0.0473 e. The van der Waals surface area contributed by atoms with Gasteiger partial charge >= 0.3 is 0 Å². The highest BCUT2D eigenvalue weighted by molar-refractivity contribution is 7.85. The highest BCUT2D eigenvalue weighted by atomic mass is 32.2. The van der Waals surface area contributed by atoms with Gasteiger partial charge < -0.3 is 5.32 Å². The molecule has 0 spiro atoms. The molecular formula is C12H27NOS. The molecule has 0 aromatic heterocycles. The van der Waals surface area contributed by atoms with Crippen LogP contribution in [0.4, 0.5) is 0 Å². The van der Waals surface area contributed by atoms with Crippen molar-refractivity contribution in [1.82, 2.24) is 5.32 Å². The quantitative estimate of drug-likeness (QED) is 0.698. The Balaban J connectivity index is 4.11. The summed E-state index contributed by atoms with van der Waals surface area (Å²) in [5.41, 5.74) is 0. The molecule has 2 nitrogen and oxygen atoms in total. The molecule has 0 fully saturated rings. The Kier molecular flexibility index (Phi) is 8.34. The molecule has 3 unspecified atom stereocenters. The van der Waals surface area contributed by atoms with E-state index in [1.807, 2.05) is 0 Å². The van der Waals surface area contributed by atoms with Gasteiger partial charge in [-0.25, -0.2) is 0 Å². The van der Waals surface area contributed by atoms with Crippen LogP contribution in [0.15, 0.2) is 0 Å². The summed E-state index contributed by atoms with van der Waals surface area (Å²) in [7, 11) is -0.691. The first-order valence-electron chi connectivity index (χ1n) is 6.13. The van der Waals surface area contributed by atoms with Crippen LogP contribution in [0.2, 0.25) is 0 Å². The maximum absolute atomic E-state index is 12.0. The van der Waals surface area contributed by atoms with Crippen molar-refractivity contribution >= 4 is 10.8 Å². The Morgan fingerprint density at radius 2 is 1.80 bits per heavy atom. The molecule has 0 rings (SSSR count). The van der Waals surface area contributed by atoms with Crippen molar-refractivity contribution in [3.05, 3.63) is 0 Å². The van der Waals surface area contributed by atoms with Gasteiger partial charge in [0.25, 0.3) is 0 Å². The largest absolute Gasteiger partial charge is 0.313 e. The van der Waals surface area contributed by atoms with E-state index in [2.05, 4.69) is 39.9 Å². The second kappa shape index (κ2) is 8.28. The van der Waals surface area contributed by atoms with Gasteiger partial charge in [-0.1, -0.05) is 27.7 Å². The van der Waals surface area contributed by atoms with Crippen LogP contribution in [-0.4, -0.2) is 27.8 Å². The van der Waals surface area contributed by atoms with E-state index in [0.29, 0.717) is 12.0 Å². The Labute approximate surface area is 97.7 Å². The number of nitrogens with one attached hydrogen (secondary N) is 1. The number of rotatable bonds is 8. The molecule has 0 radical (unpaired) electrons. The van der Waals surface area contributed by atoms with Crippen molar-refractivity contribution in [2.24, 2.45) is 5.92 Å². The minimum atomic E-state index is -0.691. The Bertz CT molecular complexity index is 182. The topological polar surface area (TPSA) is 29.1 Å². The van der Waals surface area contributed by atoms with Crippen LogP contribution >= 0.6 is 0 Å². The van der Waals surface area contributed by atoms with E-state index in [0.717, 1.165) is 25.1 Å². The zero-order chi connectivity index (χ0) is 11.8. The third-order valence-corrected chi connectivity index (χ3v) is 4.73. The summed E-state index contributed by atoms with van der Waals surface area (Å²) < 4.78 is 12.0. The summed E-state index contributed by atoms with van der Waals surface area (Å²) in [5, 5.41) is 3.75. The SMILES string of the molecule is CCCNC(CC)C(C)S(=O)CC(C)C. The summed E-state index contributed by atoms with van der Waals surface area (Å²) in [6, 6.07) is 0.407. The Hall–Kier alpha value is 0.110. The molecule has 0 saturated carbocycles. The molecule has 92 valence electrons. The molecule has 0 bridgehead atoms. The molecule has 0 aromatic carbocycles. The Morgan fingerprint density at radius 3 is 2.20 bits per heavy atom. The van der Waals surface area contributed by atoms with Gasteiger partial charge in [-0.2, -0.15) is 0 Å². The fraction of sp³-hybridized carbons (Fsp3) is 1.00. The maximum atomic E-state index is 12.0. The molecule has 15 heavy (non-hydrogen) atoms. The minimum absolute atomic E-state index is 0.268. The summed E-state index contributed by atoms with van der Waals surface area (Å²) in [6.07, 6.45) is 2.20. The van der Waals surface area contributed by atoms with Gasteiger partial charge in [0.1, 0.15) is 0 Å². The smallest absolute Gasteiger partial charge is 0.0473 e. The second-order valence-corrected chi connectivity index (χ2v) is 6.45. The molecule has 0 aliphatic carbocycles. The van der Waals surface area contributed by atoms with Crippen LogP contribution in [0.5, 0.6) is 0 Å². The van der Waals surface area contributed by atoms with E-state index in [1.165, 1.54) is 0 Å². The van der Waals surface area contributed by atoms with Crippen LogP contribution in [0.1, 0.15) is 47.5 Å². The average molecular weight is 233 g/mol. The first-order chi connectivity index (χ1) is 7.02. The lowest BCUT2D eigenvalue weighted by atomic mass is 10.1. The molecular weight excluding hydrogens is 206 g/mol. The van der Waals surface area contributed by atoms with E-state index in [-0.39, 0.29) is 5.25 Å². The Morgan fingerprint density at radius 1 is 1.20 bits per heavy atom. The van der Waals surface area contributed by atoms with Crippen molar-refractivity contribution in [2.75, 3.05) is 12.3 Å². The lowest BCUT2D eigenvalue weighted by molar-refractivity contribution is 0.485. The molecule has 0 aliphatic rings. The monoisotopic (exact) mass is 233 g/mol. The summed E-state index contributed by atoms with van der Waals surface area (Å²) in [6.45, 7) is 11.7. The predicted molar refractivity (Wildman–Crippen MR) is 69.7 cm³/mol. The van der Waals surface area contributed by atoms with Crippen LogP contribution in [0, 0.1) is 5.92 Å². The van der Waals surface area contributed by atoms with E-state index >= 15 is 0 Å². The fourth-order valence-electron chi connectivity index (χ4n) is 1.64. The van der Waals surface area contributed by atoms with Gasteiger partial charge in [-0.15, -0.1) is 0 Å². The van der Waals surface area contributed by atoms with Crippen molar-refractivity contribution in [3.8, 4) is 0 Å². The highest BCUT2D eigenvalue weighted by Gasteiger charge is 2.20. The third-order valence-electron chi connectivity index (χ3n) is 2.58. The molecule has 0 amide bonds. The zero-order valence-electron chi connectivity index (χ0n) is 10.9. The first kappa shape index (κ1) is 15.1. The van der Waals surface area contributed by atoms with Crippen LogP contribution in [0.3, 0.4) is 0 Å². The normalized spacial score (nSPS) is 17.7. The van der Waals surface area contributed by atoms with Crippen molar-refractivity contribution in [2.45, 2.75) is 58.8 Å². The molecule has 0 aromatic rings. The zero-order valence-corrected chi connectivity index (χ0v) is 11.7. The number of hydrogen-bond donors (Lipinski definition) is 1. The second-order valence-electron chi connectivity index (χ2n) is 4.62. The lowest BCUT2D eigenvalue weighted by Gasteiger charge is -2.24. The van der Waals surface area contributed by atoms with Gasteiger partial charge in [0.05, 0.1) is 0 Å². The summed E-state index contributed by atoms with van der Waals surface area (Å²) in [4.78, 5) is 0. The third kappa shape index (κ3) is 6.31.